The maximum absolute atomic E-state index is 11.7. The summed E-state index contributed by atoms with van der Waals surface area (Å²) in [6, 6.07) is 4.48. The minimum absolute atomic E-state index is 0.171. The molecule has 0 N–H and O–H groups in total. The Hall–Kier alpha value is 0.134. The highest BCUT2D eigenvalue weighted by Crippen LogP contribution is 2.27. The molecule has 19 heavy (non-hydrogen) atoms. The van der Waals surface area contributed by atoms with Gasteiger partial charge in [0.25, 0.3) is 0 Å². The molecular formula is C10H25F3O3SSi2. The van der Waals surface area contributed by atoms with Gasteiger partial charge in [-0.25, -0.2) is 0 Å². The normalized spacial score (nSPS) is 13.2. The Morgan fingerprint density at radius 1 is 1.00 bits per heavy atom. The molecule has 0 aromatic heterocycles. The highest BCUT2D eigenvalue weighted by Gasteiger charge is 2.49. The van der Waals surface area contributed by atoms with Gasteiger partial charge in [-0.1, -0.05) is 38.9 Å². The molecule has 0 rings (SSSR count). The summed E-state index contributed by atoms with van der Waals surface area (Å²) in [5, 5.41) is 0. The summed E-state index contributed by atoms with van der Waals surface area (Å²) in [6.07, 6.45) is 0. The van der Waals surface area contributed by atoms with E-state index in [9.17, 15) is 21.6 Å². The Bertz CT molecular complexity index is 327. The molecule has 0 unspecified atom stereocenters. The van der Waals surface area contributed by atoms with Crippen molar-refractivity contribution in [3.63, 3.8) is 0 Å². The average molecular weight is 339 g/mol. The van der Waals surface area contributed by atoms with E-state index in [1.54, 1.807) is 0 Å². The van der Waals surface area contributed by atoms with Crippen LogP contribution in [0.15, 0.2) is 0 Å². The summed E-state index contributed by atoms with van der Waals surface area (Å²) in [7, 11) is -8.28. The van der Waals surface area contributed by atoms with Crippen molar-refractivity contribution >= 4 is 27.2 Å². The van der Waals surface area contributed by atoms with Gasteiger partial charge < -0.3 is 3.87 Å². The van der Waals surface area contributed by atoms with E-state index < -0.39 is 23.9 Å². The van der Waals surface area contributed by atoms with Crippen LogP contribution in [-0.4, -0.2) is 31.0 Å². The first-order valence-corrected chi connectivity index (χ1v) is 13.6. The van der Waals surface area contributed by atoms with E-state index in [0.717, 1.165) is 0 Å². The van der Waals surface area contributed by atoms with E-state index in [2.05, 4.69) is 24.6 Å². The highest BCUT2D eigenvalue weighted by atomic mass is 32.2. The van der Waals surface area contributed by atoms with Gasteiger partial charge >= 0.3 is 15.6 Å². The van der Waals surface area contributed by atoms with Crippen LogP contribution in [0, 0.1) is 0 Å². The van der Waals surface area contributed by atoms with Crippen LogP contribution in [0.4, 0.5) is 13.2 Å². The topological polar surface area (TPSA) is 43.4 Å². The van der Waals surface area contributed by atoms with Crippen molar-refractivity contribution in [2.45, 2.75) is 64.1 Å². The number of rotatable bonds is 5. The molecular weight excluding hydrogens is 313 g/mol. The van der Waals surface area contributed by atoms with Crippen LogP contribution in [0.2, 0.25) is 37.8 Å². The molecule has 9 heteroatoms. The Balaban J connectivity index is 0. The zero-order chi connectivity index (χ0) is 15.9. The Morgan fingerprint density at radius 3 is 1.37 bits per heavy atom. The summed E-state index contributed by atoms with van der Waals surface area (Å²) >= 11 is 0. The van der Waals surface area contributed by atoms with E-state index in [-0.39, 0.29) is 8.80 Å². The molecule has 0 aromatic carbocycles. The molecule has 0 amide bonds. The fourth-order valence-corrected chi connectivity index (χ4v) is 5.99. The molecule has 0 aromatic rings. The molecule has 118 valence electrons. The second-order valence-electron chi connectivity index (χ2n) is 5.19. The van der Waals surface area contributed by atoms with Gasteiger partial charge in [0.1, 0.15) is 0 Å². The van der Waals surface area contributed by atoms with Crippen LogP contribution < -0.4 is 0 Å². The summed E-state index contributed by atoms with van der Waals surface area (Å²) in [5.74, 6) is 0. The molecule has 0 heterocycles. The lowest BCUT2D eigenvalue weighted by atomic mass is 10.9. The van der Waals surface area contributed by atoms with Gasteiger partial charge in [-0.2, -0.15) is 21.6 Å². The lowest BCUT2D eigenvalue weighted by molar-refractivity contribution is -0.0503. The first kappa shape index (κ1) is 21.4. The SMILES string of the molecule is CC[SiH](CC)CC.C[Si](C)(C)OS(=O)(=O)C(F)(F)F. The van der Waals surface area contributed by atoms with Crippen molar-refractivity contribution in [2.75, 3.05) is 0 Å². The summed E-state index contributed by atoms with van der Waals surface area (Å²) in [6.45, 7) is 11.0. The number of hydrogen-bond acceptors (Lipinski definition) is 3. The van der Waals surface area contributed by atoms with Crippen LogP contribution >= 0.6 is 0 Å². The second kappa shape index (κ2) is 8.43. The van der Waals surface area contributed by atoms with Crippen molar-refractivity contribution < 1.29 is 25.5 Å². The lowest BCUT2D eigenvalue weighted by Crippen LogP contribution is -2.36. The molecule has 0 aliphatic carbocycles. The van der Waals surface area contributed by atoms with Crippen LogP contribution in [0.3, 0.4) is 0 Å². The molecule has 0 saturated heterocycles. The van der Waals surface area contributed by atoms with Gasteiger partial charge in [-0.15, -0.1) is 0 Å². The van der Waals surface area contributed by atoms with E-state index in [4.69, 9.17) is 0 Å². The summed E-state index contributed by atoms with van der Waals surface area (Å²) < 4.78 is 59.7. The van der Waals surface area contributed by atoms with Gasteiger partial charge in [0.2, 0.25) is 8.32 Å². The van der Waals surface area contributed by atoms with Crippen molar-refractivity contribution in [1.82, 2.24) is 0 Å². The Morgan fingerprint density at radius 2 is 1.32 bits per heavy atom. The fraction of sp³-hybridized carbons (Fsp3) is 1.00. The third-order valence-electron chi connectivity index (χ3n) is 2.38. The molecule has 0 aliphatic rings. The maximum atomic E-state index is 11.7. The van der Waals surface area contributed by atoms with Crippen LogP contribution in [-0.2, 0) is 14.0 Å². The van der Waals surface area contributed by atoms with Crippen LogP contribution in [0.25, 0.3) is 0 Å². The number of alkyl halides is 3. The highest BCUT2D eigenvalue weighted by molar-refractivity contribution is 7.88. The van der Waals surface area contributed by atoms with Crippen LogP contribution in [0.5, 0.6) is 0 Å². The largest absolute Gasteiger partial charge is 0.522 e. The molecule has 0 fully saturated rings. The molecule has 0 aliphatic heterocycles. The number of halogens is 3. The number of hydrogen-bond donors (Lipinski definition) is 0. The van der Waals surface area contributed by atoms with Gasteiger partial charge in [0, 0.05) is 8.80 Å². The predicted octanol–water partition coefficient (Wildman–Crippen LogP) is 3.96. The maximum Gasteiger partial charge on any atom is 0.522 e. The monoisotopic (exact) mass is 338 g/mol. The Kier molecular flexibility index (Phi) is 9.51. The fourth-order valence-electron chi connectivity index (χ4n) is 1.24. The summed E-state index contributed by atoms with van der Waals surface area (Å²) in [5.41, 5.74) is -5.31. The standard InChI is InChI=1S/C6H16Si.C4H9F3O3SSi/c1-4-7(5-2)6-3;1-12(2,3)10-11(8,9)4(5,6)7/h7H,4-6H2,1-3H3;1-3H3. The zero-order valence-electron chi connectivity index (χ0n) is 12.5. The second-order valence-corrected chi connectivity index (χ2v) is 15.6. The predicted molar refractivity (Wildman–Crippen MR) is 78.0 cm³/mol. The molecule has 0 spiro atoms. The van der Waals surface area contributed by atoms with Crippen LogP contribution in [0.1, 0.15) is 20.8 Å². The van der Waals surface area contributed by atoms with Gasteiger partial charge in [-0.3, -0.25) is 0 Å². The summed E-state index contributed by atoms with van der Waals surface area (Å²) in [4.78, 5) is 0. The zero-order valence-corrected chi connectivity index (χ0v) is 15.4. The van der Waals surface area contributed by atoms with Gasteiger partial charge in [0.05, 0.1) is 0 Å². The van der Waals surface area contributed by atoms with Crippen molar-refractivity contribution in [1.29, 1.82) is 0 Å². The Labute approximate surface area is 117 Å². The van der Waals surface area contributed by atoms with Gasteiger partial charge in [-0.05, 0) is 19.6 Å². The van der Waals surface area contributed by atoms with Crippen molar-refractivity contribution in [3.05, 3.63) is 0 Å². The molecule has 0 bridgehead atoms. The van der Waals surface area contributed by atoms with Crippen molar-refractivity contribution in [2.24, 2.45) is 0 Å². The van der Waals surface area contributed by atoms with E-state index in [1.807, 2.05) is 0 Å². The third kappa shape index (κ3) is 10.6. The first-order valence-electron chi connectivity index (χ1n) is 6.32. The molecule has 0 radical (unpaired) electrons. The van der Waals surface area contributed by atoms with E-state index in [1.165, 1.54) is 37.8 Å². The van der Waals surface area contributed by atoms with Gasteiger partial charge in [0.15, 0.2) is 0 Å². The van der Waals surface area contributed by atoms with E-state index in [0.29, 0.717) is 0 Å². The molecule has 0 atom stereocenters. The minimum atomic E-state index is -5.39. The molecule has 3 nitrogen and oxygen atoms in total. The smallest absolute Gasteiger partial charge is 0.309 e. The quantitative estimate of drug-likeness (QED) is 0.563. The average Bonchev–Trinajstić information content (AvgIpc) is 2.15. The molecule has 0 saturated carbocycles. The third-order valence-corrected chi connectivity index (χ3v) is 9.28. The van der Waals surface area contributed by atoms with Crippen molar-refractivity contribution in [3.8, 4) is 0 Å². The first-order chi connectivity index (χ1) is 8.30. The minimum Gasteiger partial charge on any atom is -0.309 e. The van der Waals surface area contributed by atoms with E-state index >= 15 is 0 Å². The lowest BCUT2D eigenvalue weighted by Gasteiger charge is -2.17.